The fraction of sp³-hybridized carbons (Fsp3) is 0.636. The molecule has 0 spiro atoms. The molecule has 0 radical (unpaired) electrons. The van der Waals surface area contributed by atoms with E-state index in [-0.39, 0.29) is 0 Å². The first-order valence-corrected chi connectivity index (χ1v) is 5.78. The van der Waals surface area contributed by atoms with E-state index in [0.29, 0.717) is 25.0 Å². The Morgan fingerprint density at radius 1 is 1.35 bits per heavy atom. The predicted molar refractivity (Wildman–Crippen MR) is 65.8 cm³/mol. The normalized spacial score (nSPS) is 10.3. The lowest BCUT2D eigenvalue weighted by atomic mass is 10.4. The molecule has 0 aliphatic heterocycles. The Kier molecular flexibility index (Phi) is 6.27. The van der Waals surface area contributed by atoms with E-state index >= 15 is 0 Å². The van der Waals surface area contributed by atoms with Gasteiger partial charge in [0.1, 0.15) is 6.61 Å². The summed E-state index contributed by atoms with van der Waals surface area (Å²) in [5.74, 6) is 6.10. The molecule has 1 rings (SSSR count). The fourth-order valence-corrected chi connectivity index (χ4v) is 1.19. The molecule has 1 aromatic rings. The first kappa shape index (κ1) is 13.7. The summed E-state index contributed by atoms with van der Waals surface area (Å²) in [4.78, 5) is 8.07. The number of hydrazine groups is 1. The van der Waals surface area contributed by atoms with Gasteiger partial charge in [-0.2, -0.15) is 4.98 Å². The second-order valence-electron chi connectivity index (χ2n) is 3.64. The summed E-state index contributed by atoms with van der Waals surface area (Å²) in [6, 6.07) is 0. The molecule has 3 N–H and O–H groups in total. The molecule has 0 aliphatic rings. The van der Waals surface area contributed by atoms with Crippen LogP contribution in [0, 0.1) is 6.92 Å². The summed E-state index contributed by atoms with van der Waals surface area (Å²) in [5.41, 5.74) is 3.25. The zero-order valence-corrected chi connectivity index (χ0v) is 10.4. The third kappa shape index (κ3) is 4.97. The second kappa shape index (κ2) is 7.81. The molecule has 0 fully saturated rings. The molecule has 0 aliphatic carbocycles. The first-order valence-electron chi connectivity index (χ1n) is 5.78. The number of hydrogen-bond donors (Lipinski definition) is 2. The van der Waals surface area contributed by atoms with Crippen molar-refractivity contribution in [1.82, 2.24) is 9.97 Å². The summed E-state index contributed by atoms with van der Waals surface area (Å²) in [6.07, 6.45) is 3.88. The van der Waals surface area contributed by atoms with Gasteiger partial charge in [-0.25, -0.2) is 10.8 Å². The molecule has 6 nitrogen and oxygen atoms in total. The van der Waals surface area contributed by atoms with Gasteiger partial charge < -0.3 is 9.47 Å². The average molecular weight is 240 g/mol. The van der Waals surface area contributed by atoms with Crippen LogP contribution in [0.5, 0.6) is 5.88 Å². The number of nitrogens with two attached hydrogens (primary N) is 1. The van der Waals surface area contributed by atoms with Crippen LogP contribution in [0.15, 0.2) is 6.20 Å². The molecule has 0 atom stereocenters. The van der Waals surface area contributed by atoms with Crippen LogP contribution in [0.1, 0.15) is 25.3 Å². The van der Waals surface area contributed by atoms with Crippen LogP contribution in [-0.4, -0.2) is 29.8 Å². The van der Waals surface area contributed by atoms with Crippen LogP contribution in [0.4, 0.5) is 5.95 Å². The molecule has 0 aromatic carbocycles. The monoisotopic (exact) mass is 240 g/mol. The average Bonchev–Trinajstić information content (AvgIpc) is 2.35. The van der Waals surface area contributed by atoms with Crippen molar-refractivity contribution >= 4 is 5.95 Å². The van der Waals surface area contributed by atoms with Crippen LogP contribution in [0.25, 0.3) is 0 Å². The molecule has 0 unspecified atom stereocenters. The van der Waals surface area contributed by atoms with Crippen molar-refractivity contribution in [1.29, 1.82) is 0 Å². The first-order chi connectivity index (χ1) is 8.27. The highest BCUT2D eigenvalue weighted by atomic mass is 16.5. The Bertz CT molecular complexity index is 333. The highest BCUT2D eigenvalue weighted by Gasteiger charge is 2.03. The van der Waals surface area contributed by atoms with Gasteiger partial charge in [-0.15, -0.1) is 0 Å². The number of unbranched alkanes of at least 4 members (excludes halogenated alkanes) is 1. The van der Waals surface area contributed by atoms with Crippen LogP contribution in [0.3, 0.4) is 0 Å². The maximum atomic E-state index is 5.49. The number of aryl methyl sites for hydroxylation is 1. The number of nitrogens with one attached hydrogen (secondary N) is 1. The lowest BCUT2D eigenvalue weighted by Gasteiger charge is -2.09. The summed E-state index contributed by atoms with van der Waals surface area (Å²) < 4.78 is 10.9. The molecule has 17 heavy (non-hydrogen) atoms. The lowest BCUT2D eigenvalue weighted by Crippen LogP contribution is -2.13. The number of anilines is 1. The number of aromatic nitrogens is 2. The molecular formula is C11H20N4O2. The smallest absolute Gasteiger partial charge is 0.240 e. The third-order valence-electron chi connectivity index (χ3n) is 2.16. The number of rotatable bonds is 8. The SMILES string of the molecule is CCCCOCCOc1nc(NN)ncc1C. The number of nitrogen functional groups attached to an aromatic ring is 1. The van der Waals surface area contributed by atoms with E-state index in [2.05, 4.69) is 22.3 Å². The van der Waals surface area contributed by atoms with Crippen LogP contribution < -0.4 is 16.0 Å². The van der Waals surface area contributed by atoms with Crippen molar-refractivity contribution in [2.45, 2.75) is 26.7 Å². The van der Waals surface area contributed by atoms with Gasteiger partial charge in [0.05, 0.1) is 6.61 Å². The van der Waals surface area contributed by atoms with Gasteiger partial charge in [-0.05, 0) is 13.3 Å². The van der Waals surface area contributed by atoms with E-state index in [1.807, 2.05) is 6.92 Å². The van der Waals surface area contributed by atoms with Crippen molar-refractivity contribution in [3.63, 3.8) is 0 Å². The van der Waals surface area contributed by atoms with Gasteiger partial charge in [-0.3, -0.25) is 5.43 Å². The zero-order valence-electron chi connectivity index (χ0n) is 10.4. The minimum Gasteiger partial charge on any atom is -0.475 e. The molecule has 0 saturated heterocycles. The third-order valence-corrected chi connectivity index (χ3v) is 2.16. The molecule has 0 amide bonds. The Morgan fingerprint density at radius 2 is 2.18 bits per heavy atom. The van der Waals surface area contributed by atoms with Crippen molar-refractivity contribution in [2.75, 3.05) is 25.2 Å². The molecular weight excluding hydrogens is 220 g/mol. The largest absolute Gasteiger partial charge is 0.475 e. The fourth-order valence-electron chi connectivity index (χ4n) is 1.19. The lowest BCUT2D eigenvalue weighted by molar-refractivity contribution is 0.0962. The Morgan fingerprint density at radius 3 is 2.88 bits per heavy atom. The minimum atomic E-state index is 0.345. The van der Waals surface area contributed by atoms with Crippen molar-refractivity contribution in [3.8, 4) is 5.88 Å². The van der Waals surface area contributed by atoms with E-state index in [4.69, 9.17) is 15.3 Å². The number of ether oxygens (including phenoxy) is 2. The quantitative estimate of drug-likeness (QED) is 0.404. The van der Waals surface area contributed by atoms with Gasteiger partial charge in [-0.1, -0.05) is 13.3 Å². The van der Waals surface area contributed by atoms with E-state index in [1.165, 1.54) is 0 Å². The highest BCUT2D eigenvalue weighted by Crippen LogP contribution is 2.14. The Labute approximate surface area is 102 Å². The van der Waals surface area contributed by atoms with Crippen LogP contribution in [-0.2, 0) is 4.74 Å². The summed E-state index contributed by atoms with van der Waals surface area (Å²) in [6.45, 7) is 5.83. The summed E-state index contributed by atoms with van der Waals surface area (Å²) >= 11 is 0. The summed E-state index contributed by atoms with van der Waals surface area (Å²) in [7, 11) is 0. The predicted octanol–water partition coefficient (Wildman–Crippen LogP) is 1.27. The number of nitrogens with zero attached hydrogens (tertiary/aromatic N) is 2. The molecule has 0 bridgehead atoms. The maximum Gasteiger partial charge on any atom is 0.240 e. The standard InChI is InChI=1S/C11H20N4O2/c1-3-4-5-16-6-7-17-10-9(2)8-13-11(14-10)15-12/h8H,3-7,12H2,1-2H3,(H,13,14,15). The van der Waals surface area contributed by atoms with Gasteiger partial charge in [0, 0.05) is 18.4 Å². The minimum absolute atomic E-state index is 0.345. The topological polar surface area (TPSA) is 82.3 Å². The van der Waals surface area contributed by atoms with Crippen molar-refractivity contribution in [3.05, 3.63) is 11.8 Å². The van der Waals surface area contributed by atoms with Crippen LogP contribution in [0.2, 0.25) is 0 Å². The van der Waals surface area contributed by atoms with Gasteiger partial charge >= 0.3 is 0 Å². The second-order valence-corrected chi connectivity index (χ2v) is 3.64. The van der Waals surface area contributed by atoms with E-state index in [1.54, 1.807) is 6.20 Å². The highest BCUT2D eigenvalue weighted by molar-refractivity contribution is 5.31. The van der Waals surface area contributed by atoms with E-state index in [0.717, 1.165) is 25.0 Å². The zero-order chi connectivity index (χ0) is 12.5. The van der Waals surface area contributed by atoms with Crippen molar-refractivity contribution in [2.24, 2.45) is 5.84 Å². The Balaban J connectivity index is 2.30. The van der Waals surface area contributed by atoms with Gasteiger partial charge in [0.15, 0.2) is 0 Å². The molecule has 96 valence electrons. The van der Waals surface area contributed by atoms with Crippen molar-refractivity contribution < 1.29 is 9.47 Å². The van der Waals surface area contributed by atoms with E-state index in [9.17, 15) is 0 Å². The number of hydrogen-bond acceptors (Lipinski definition) is 6. The Hall–Kier alpha value is -1.40. The summed E-state index contributed by atoms with van der Waals surface area (Å²) in [5, 5.41) is 0. The maximum absolute atomic E-state index is 5.49. The van der Waals surface area contributed by atoms with E-state index < -0.39 is 0 Å². The van der Waals surface area contributed by atoms with Crippen LogP contribution >= 0.6 is 0 Å². The molecule has 1 heterocycles. The molecule has 6 heteroatoms. The molecule has 0 saturated carbocycles. The van der Waals surface area contributed by atoms with Gasteiger partial charge in [0.25, 0.3) is 0 Å². The van der Waals surface area contributed by atoms with Gasteiger partial charge in [0.2, 0.25) is 11.8 Å². The molecule has 1 aromatic heterocycles.